The molecule has 90 valence electrons. The molecule has 0 aromatic carbocycles. The minimum absolute atomic E-state index is 0.0304. The molecule has 4 heteroatoms. The molecule has 2 heterocycles. The lowest BCUT2D eigenvalue weighted by Crippen LogP contribution is -2.53. The van der Waals surface area contributed by atoms with Gasteiger partial charge in [0.25, 0.3) is 0 Å². The first kappa shape index (κ1) is 11.6. The zero-order valence-corrected chi connectivity index (χ0v) is 10.0. The fourth-order valence-corrected chi connectivity index (χ4v) is 2.75. The number of amides is 2. The number of hydrogen-bond acceptors (Lipinski definition) is 3. The zero-order valence-electron chi connectivity index (χ0n) is 10.0. The fraction of sp³-hybridized carbons (Fsp3) is 0.833. The molecule has 0 radical (unpaired) electrons. The lowest BCUT2D eigenvalue weighted by Gasteiger charge is -2.38. The molecule has 2 atom stereocenters. The lowest BCUT2D eigenvalue weighted by molar-refractivity contribution is -0.153. The largest absolute Gasteiger partial charge is 0.314 e. The molecule has 2 amide bonds. The second-order valence-corrected chi connectivity index (χ2v) is 5.20. The normalized spacial score (nSPS) is 33.2. The highest BCUT2D eigenvalue weighted by Crippen LogP contribution is 2.25. The quantitative estimate of drug-likeness (QED) is 0.674. The van der Waals surface area contributed by atoms with Crippen molar-refractivity contribution in [2.75, 3.05) is 6.54 Å². The number of carbonyl (C=O) groups is 2. The summed E-state index contributed by atoms with van der Waals surface area (Å²) in [6.07, 6.45) is 2.86. The van der Waals surface area contributed by atoms with Crippen LogP contribution in [0.5, 0.6) is 0 Å². The van der Waals surface area contributed by atoms with Crippen LogP contribution in [0.2, 0.25) is 0 Å². The Morgan fingerprint density at radius 3 is 2.38 bits per heavy atom. The highest BCUT2D eigenvalue weighted by molar-refractivity contribution is 5.98. The zero-order chi connectivity index (χ0) is 11.7. The van der Waals surface area contributed by atoms with Crippen molar-refractivity contribution in [3.05, 3.63) is 0 Å². The van der Waals surface area contributed by atoms with Crippen molar-refractivity contribution in [2.24, 2.45) is 5.92 Å². The second-order valence-electron chi connectivity index (χ2n) is 5.20. The van der Waals surface area contributed by atoms with Gasteiger partial charge in [-0.2, -0.15) is 0 Å². The monoisotopic (exact) mass is 224 g/mol. The number of hydrogen-bond donors (Lipinski definition) is 1. The van der Waals surface area contributed by atoms with Crippen molar-refractivity contribution in [2.45, 2.75) is 51.6 Å². The van der Waals surface area contributed by atoms with Crippen LogP contribution in [-0.2, 0) is 9.59 Å². The smallest absolute Gasteiger partial charge is 0.229 e. The van der Waals surface area contributed by atoms with Gasteiger partial charge in [-0.15, -0.1) is 0 Å². The summed E-state index contributed by atoms with van der Waals surface area (Å²) >= 11 is 0. The number of likely N-dealkylation sites (tertiary alicyclic amines) is 1. The van der Waals surface area contributed by atoms with E-state index in [4.69, 9.17) is 0 Å². The number of imide groups is 1. The standard InChI is InChI=1S/C12H20N2O2/c1-8-5-11(15)14(12(16)6-8)10-3-4-13-9(2)7-10/h8-10,13H,3-7H2,1-2H3. The van der Waals surface area contributed by atoms with E-state index < -0.39 is 0 Å². The molecule has 2 saturated heterocycles. The molecule has 2 aliphatic rings. The third-order valence-corrected chi connectivity index (χ3v) is 3.54. The van der Waals surface area contributed by atoms with Gasteiger partial charge < -0.3 is 5.32 Å². The Morgan fingerprint density at radius 1 is 1.19 bits per heavy atom. The molecule has 2 aliphatic heterocycles. The van der Waals surface area contributed by atoms with Crippen molar-refractivity contribution in [3.8, 4) is 0 Å². The maximum Gasteiger partial charge on any atom is 0.229 e. The summed E-state index contributed by atoms with van der Waals surface area (Å²) in [6, 6.07) is 0.530. The van der Waals surface area contributed by atoms with Crippen LogP contribution in [-0.4, -0.2) is 35.3 Å². The van der Waals surface area contributed by atoms with Gasteiger partial charge >= 0.3 is 0 Å². The number of carbonyl (C=O) groups excluding carboxylic acids is 2. The average molecular weight is 224 g/mol. The van der Waals surface area contributed by atoms with E-state index in [9.17, 15) is 9.59 Å². The Bertz CT molecular complexity index is 285. The molecule has 2 unspecified atom stereocenters. The third-order valence-electron chi connectivity index (χ3n) is 3.54. The van der Waals surface area contributed by atoms with E-state index in [-0.39, 0.29) is 23.8 Å². The SMILES string of the molecule is CC1CC(=O)N(C2CCNC(C)C2)C(=O)C1. The molecule has 0 aromatic heterocycles. The van der Waals surface area contributed by atoms with Crippen LogP contribution in [0.4, 0.5) is 0 Å². The first-order chi connectivity index (χ1) is 7.58. The summed E-state index contributed by atoms with van der Waals surface area (Å²) in [5.41, 5.74) is 0. The summed E-state index contributed by atoms with van der Waals surface area (Å²) in [5, 5.41) is 3.34. The van der Waals surface area contributed by atoms with Gasteiger partial charge in [0.05, 0.1) is 0 Å². The van der Waals surface area contributed by atoms with Crippen LogP contribution in [0.25, 0.3) is 0 Å². The van der Waals surface area contributed by atoms with E-state index in [0.29, 0.717) is 18.9 Å². The Labute approximate surface area is 96.4 Å². The minimum Gasteiger partial charge on any atom is -0.314 e. The van der Waals surface area contributed by atoms with E-state index in [1.54, 1.807) is 0 Å². The first-order valence-electron chi connectivity index (χ1n) is 6.16. The molecule has 0 bridgehead atoms. The number of nitrogens with one attached hydrogen (secondary N) is 1. The van der Waals surface area contributed by atoms with Crippen LogP contribution in [0, 0.1) is 5.92 Å². The van der Waals surface area contributed by atoms with Crippen molar-refractivity contribution in [1.29, 1.82) is 0 Å². The average Bonchev–Trinajstić information content (AvgIpc) is 2.15. The maximum atomic E-state index is 11.9. The Hall–Kier alpha value is -0.900. The van der Waals surface area contributed by atoms with Crippen molar-refractivity contribution in [3.63, 3.8) is 0 Å². The molecule has 4 nitrogen and oxygen atoms in total. The third kappa shape index (κ3) is 2.26. The number of nitrogens with zero attached hydrogens (tertiary/aromatic N) is 1. The van der Waals surface area contributed by atoms with Gasteiger partial charge in [-0.1, -0.05) is 6.92 Å². The van der Waals surface area contributed by atoms with Gasteiger partial charge in [-0.05, 0) is 32.2 Å². The van der Waals surface area contributed by atoms with Gasteiger partial charge in [0.1, 0.15) is 0 Å². The van der Waals surface area contributed by atoms with Crippen molar-refractivity contribution >= 4 is 11.8 Å². The second kappa shape index (κ2) is 4.53. The molecule has 2 rings (SSSR count). The van der Waals surface area contributed by atoms with Crippen LogP contribution in [0.1, 0.15) is 39.5 Å². The summed E-state index contributed by atoms with van der Waals surface area (Å²) in [7, 11) is 0. The van der Waals surface area contributed by atoms with E-state index in [1.165, 1.54) is 4.90 Å². The molecule has 2 fully saturated rings. The topological polar surface area (TPSA) is 49.4 Å². The summed E-state index contributed by atoms with van der Waals surface area (Å²) in [4.78, 5) is 25.4. The van der Waals surface area contributed by atoms with Gasteiger partial charge in [0.2, 0.25) is 11.8 Å². The number of piperidine rings is 2. The summed E-state index contributed by atoms with van der Waals surface area (Å²) < 4.78 is 0. The predicted molar refractivity (Wildman–Crippen MR) is 60.7 cm³/mol. The maximum absolute atomic E-state index is 11.9. The van der Waals surface area contributed by atoms with Gasteiger partial charge in [-0.3, -0.25) is 14.5 Å². The minimum atomic E-state index is 0.0304. The molecular weight excluding hydrogens is 204 g/mol. The molecule has 0 spiro atoms. The van der Waals surface area contributed by atoms with E-state index in [1.807, 2.05) is 6.92 Å². The Morgan fingerprint density at radius 2 is 1.81 bits per heavy atom. The van der Waals surface area contributed by atoms with Crippen molar-refractivity contribution in [1.82, 2.24) is 10.2 Å². The molecule has 0 saturated carbocycles. The van der Waals surface area contributed by atoms with E-state index in [0.717, 1.165) is 19.4 Å². The molecule has 1 N–H and O–H groups in total. The highest BCUT2D eigenvalue weighted by Gasteiger charge is 2.36. The van der Waals surface area contributed by atoms with Crippen LogP contribution < -0.4 is 5.32 Å². The van der Waals surface area contributed by atoms with Crippen LogP contribution in [0.3, 0.4) is 0 Å². The first-order valence-corrected chi connectivity index (χ1v) is 6.16. The van der Waals surface area contributed by atoms with Gasteiger partial charge in [0.15, 0.2) is 0 Å². The van der Waals surface area contributed by atoms with Gasteiger partial charge in [-0.25, -0.2) is 0 Å². The highest BCUT2D eigenvalue weighted by atomic mass is 16.2. The molecule has 0 aliphatic carbocycles. The van der Waals surface area contributed by atoms with Gasteiger partial charge in [0, 0.05) is 24.9 Å². The summed E-state index contributed by atoms with van der Waals surface area (Å²) in [6.45, 7) is 4.98. The molecular formula is C12H20N2O2. The van der Waals surface area contributed by atoms with Crippen molar-refractivity contribution < 1.29 is 9.59 Å². The van der Waals surface area contributed by atoms with E-state index >= 15 is 0 Å². The predicted octanol–water partition coefficient (Wildman–Crippen LogP) is 0.912. The molecule has 16 heavy (non-hydrogen) atoms. The Kier molecular flexibility index (Phi) is 3.28. The van der Waals surface area contributed by atoms with Crippen LogP contribution >= 0.6 is 0 Å². The van der Waals surface area contributed by atoms with Crippen LogP contribution in [0.15, 0.2) is 0 Å². The lowest BCUT2D eigenvalue weighted by atomic mass is 9.92. The molecule has 0 aromatic rings. The fourth-order valence-electron chi connectivity index (χ4n) is 2.75. The number of rotatable bonds is 1. The Balaban J connectivity index is 2.07. The summed E-state index contributed by atoms with van der Waals surface area (Å²) in [5.74, 6) is 0.279. The van der Waals surface area contributed by atoms with E-state index in [2.05, 4.69) is 12.2 Å².